The smallest absolute Gasteiger partial charge is 0.0376 e. The zero-order valence-corrected chi connectivity index (χ0v) is 9.63. The van der Waals surface area contributed by atoms with Gasteiger partial charge in [0.1, 0.15) is 0 Å². The van der Waals surface area contributed by atoms with Gasteiger partial charge < -0.3 is 5.73 Å². The highest BCUT2D eigenvalue weighted by molar-refractivity contribution is 5.53. The number of hydrogen-bond donors (Lipinski definition) is 1. The van der Waals surface area contributed by atoms with Gasteiger partial charge in [0.05, 0.1) is 0 Å². The highest BCUT2D eigenvalue weighted by Gasteiger charge is 2.15. The Morgan fingerprint density at radius 2 is 1.93 bits per heavy atom. The van der Waals surface area contributed by atoms with Crippen molar-refractivity contribution >= 4 is 5.69 Å². The fourth-order valence-electron chi connectivity index (χ4n) is 2.62. The Morgan fingerprint density at radius 3 is 2.67 bits per heavy atom. The van der Waals surface area contributed by atoms with E-state index in [0.29, 0.717) is 0 Å². The second-order valence-electron chi connectivity index (χ2n) is 4.86. The zero-order valence-electron chi connectivity index (χ0n) is 9.63. The molecule has 0 amide bonds. The molecule has 0 unspecified atom stereocenters. The molecule has 2 rings (SSSR count). The van der Waals surface area contributed by atoms with Crippen molar-refractivity contribution in [3.05, 3.63) is 29.3 Å². The van der Waals surface area contributed by atoms with Gasteiger partial charge in [0.2, 0.25) is 0 Å². The first-order valence-electron chi connectivity index (χ1n) is 6.11. The molecule has 82 valence electrons. The van der Waals surface area contributed by atoms with Crippen molar-refractivity contribution in [1.29, 1.82) is 0 Å². The number of para-hydroxylation sites is 1. The summed E-state index contributed by atoms with van der Waals surface area (Å²) in [4.78, 5) is 0. The molecule has 1 fully saturated rings. The highest BCUT2D eigenvalue weighted by atomic mass is 14.6. The van der Waals surface area contributed by atoms with Crippen LogP contribution in [0.5, 0.6) is 0 Å². The van der Waals surface area contributed by atoms with Crippen LogP contribution in [0, 0.1) is 12.8 Å². The molecule has 0 atom stereocenters. The molecule has 0 radical (unpaired) electrons. The van der Waals surface area contributed by atoms with Gasteiger partial charge in [-0.25, -0.2) is 0 Å². The highest BCUT2D eigenvalue weighted by Crippen LogP contribution is 2.29. The van der Waals surface area contributed by atoms with Gasteiger partial charge in [-0.2, -0.15) is 0 Å². The lowest BCUT2D eigenvalue weighted by Crippen LogP contribution is -2.10. The summed E-state index contributed by atoms with van der Waals surface area (Å²) in [5, 5.41) is 0. The van der Waals surface area contributed by atoms with E-state index in [1.54, 1.807) is 0 Å². The minimum absolute atomic E-state index is 0.878. The van der Waals surface area contributed by atoms with Crippen molar-refractivity contribution < 1.29 is 0 Å². The Kier molecular flexibility index (Phi) is 3.30. The summed E-state index contributed by atoms with van der Waals surface area (Å²) in [5.74, 6) is 0.878. The molecule has 0 saturated heterocycles. The van der Waals surface area contributed by atoms with E-state index >= 15 is 0 Å². The van der Waals surface area contributed by atoms with E-state index in [0.717, 1.165) is 11.6 Å². The van der Waals surface area contributed by atoms with E-state index in [2.05, 4.69) is 25.1 Å². The molecule has 0 aliphatic heterocycles. The fourth-order valence-corrected chi connectivity index (χ4v) is 2.62. The Labute approximate surface area is 92.7 Å². The number of benzene rings is 1. The van der Waals surface area contributed by atoms with Gasteiger partial charge in [0.15, 0.2) is 0 Å². The number of anilines is 1. The lowest BCUT2D eigenvalue weighted by Gasteiger charge is -2.22. The van der Waals surface area contributed by atoms with Gasteiger partial charge in [-0.05, 0) is 30.4 Å². The standard InChI is InChI=1S/C14H21N/c1-11-6-5-9-13(14(11)15)10-12-7-3-2-4-8-12/h5-6,9,12H,2-4,7-8,10,15H2,1H3. The van der Waals surface area contributed by atoms with E-state index in [-0.39, 0.29) is 0 Å². The van der Waals surface area contributed by atoms with Crippen LogP contribution in [0.25, 0.3) is 0 Å². The van der Waals surface area contributed by atoms with Crippen LogP contribution in [-0.2, 0) is 6.42 Å². The molecule has 1 aromatic rings. The molecule has 15 heavy (non-hydrogen) atoms. The SMILES string of the molecule is Cc1cccc(CC2CCCCC2)c1N. The minimum Gasteiger partial charge on any atom is -0.398 e. The summed E-state index contributed by atoms with van der Waals surface area (Å²) in [7, 11) is 0. The van der Waals surface area contributed by atoms with E-state index in [9.17, 15) is 0 Å². The molecule has 0 bridgehead atoms. The van der Waals surface area contributed by atoms with Gasteiger partial charge in [-0.1, -0.05) is 50.3 Å². The van der Waals surface area contributed by atoms with Gasteiger partial charge in [-0.15, -0.1) is 0 Å². The van der Waals surface area contributed by atoms with Crippen molar-refractivity contribution in [2.45, 2.75) is 45.4 Å². The van der Waals surface area contributed by atoms with Gasteiger partial charge in [0, 0.05) is 5.69 Å². The molecule has 0 spiro atoms. The lowest BCUT2D eigenvalue weighted by molar-refractivity contribution is 0.357. The van der Waals surface area contributed by atoms with Crippen LogP contribution in [0.4, 0.5) is 5.69 Å². The maximum absolute atomic E-state index is 6.10. The first-order valence-corrected chi connectivity index (χ1v) is 6.11. The van der Waals surface area contributed by atoms with E-state index in [1.165, 1.54) is 49.7 Å². The molecule has 1 nitrogen and oxygen atoms in total. The average molecular weight is 203 g/mol. The predicted octanol–water partition coefficient (Wildman–Crippen LogP) is 3.70. The topological polar surface area (TPSA) is 26.0 Å². The third-order valence-electron chi connectivity index (χ3n) is 3.65. The summed E-state index contributed by atoms with van der Waals surface area (Å²) >= 11 is 0. The van der Waals surface area contributed by atoms with Crippen LogP contribution in [0.3, 0.4) is 0 Å². The maximum atomic E-state index is 6.10. The Hall–Kier alpha value is -0.980. The molecule has 2 N–H and O–H groups in total. The van der Waals surface area contributed by atoms with Crippen molar-refractivity contribution in [1.82, 2.24) is 0 Å². The monoisotopic (exact) mass is 203 g/mol. The predicted molar refractivity (Wildman–Crippen MR) is 65.9 cm³/mol. The number of rotatable bonds is 2. The van der Waals surface area contributed by atoms with Crippen LogP contribution >= 0.6 is 0 Å². The van der Waals surface area contributed by atoms with Gasteiger partial charge in [0.25, 0.3) is 0 Å². The minimum atomic E-state index is 0.878. The molecule has 1 aromatic carbocycles. The van der Waals surface area contributed by atoms with Crippen molar-refractivity contribution in [2.75, 3.05) is 5.73 Å². The van der Waals surface area contributed by atoms with Crippen LogP contribution in [0.15, 0.2) is 18.2 Å². The van der Waals surface area contributed by atoms with Crippen molar-refractivity contribution in [3.8, 4) is 0 Å². The molecular formula is C14H21N. The Morgan fingerprint density at radius 1 is 1.20 bits per heavy atom. The molecule has 1 aliphatic carbocycles. The number of aryl methyl sites for hydroxylation is 1. The molecule has 1 saturated carbocycles. The molecule has 1 aliphatic rings. The number of hydrogen-bond acceptors (Lipinski definition) is 1. The Bertz CT molecular complexity index is 324. The van der Waals surface area contributed by atoms with Crippen LogP contribution in [-0.4, -0.2) is 0 Å². The Balaban J connectivity index is 2.06. The maximum Gasteiger partial charge on any atom is 0.0376 e. The number of nitrogens with two attached hydrogens (primary N) is 1. The molecule has 1 heteroatoms. The lowest BCUT2D eigenvalue weighted by atomic mass is 9.84. The van der Waals surface area contributed by atoms with Gasteiger partial charge in [-0.3, -0.25) is 0 Å². The molecule has 0 aromatic heterocycles. The largest absolute Gasteiger partial charge is 0.398 e. The van der Waals surface area contributed by atoms with E-state index in [4.69, 9.17) is 5.73 Å². The quantitative estimate of drug-likeness (QED) is 0.729. The van der Waals surface area contributed by atoms with Crippen molar-refractivity contribution in [3.63, 3.8) is 0 Å². The van der Waals surface area contributed by atoms with Gasteiger partial charge >= 0.3 is 0 Å². The summed E-state index contributed by atoms with van der Waals surface area (Å²) in [6, 6.07) is 6.42. The third kappa shape index (κ3) is 2.53. The van der Waals surface area contributed by atoms with Crippen LogP contribution < -0.4 is 5.73 Å². The zero-order chi connectivity index (χ0) is 10.7. The molecule has 0 heterocycles. The normalized spacial score (nSPS) is 17.9. The third-order valence-corrected chi connectivity index (χ3v) is 3.65. The number of nitrogen functional groups attached to an aromatic ring is 1. The van der Waals surface area contributed by atoms with E-state index in [1.807, 2.05) is 0 Å². The van der Waals surface area contributed by atoms with E-state index < -0.39 is 0 Å². The van der Waals surface area contributed by atoms with Crippen LogP contribution in [0.1, 0.15) is 43.2 Å². The summed E-state index contributed by atoms with van der Waals surface area (Å²) < 4.78 is 0. The summed E-state index contributed by atoms with van der Waals surface area (Å²) in [6.07, 6.45) is 8.24. The second-order valence-corrected chi connectivity index (χ2v) is 4.86. The second kappa shape index (κ2) is 4.69. The summed E-state index contributed by atoms with van der Waals surface area (Å²) in [6.45, 7) is 2.10. The van der Waals surface area contributed by atoms with Crippen LogP contribution in [0.2, 0.25) is 0 Å². The average Bonchev–Trinajstić information content (AvgIpc) is 2.26. The first kappa shape index (κ1) is 10.5. The first-order chi connectivity index (χ1) is 7.27. The summed E-state index contributed by atoms with van der Waals surface area (Å²) in [5.41, 5.74) is 9.70. The fraction of sp³-hybridized carbons (Fsp3) is 0.571. The molecular weight excluding hydrogens is 182 g/mol. The van der Waals surface area contributed by atoms with Crippen molar-refractivity contribution in [2.24, 2.45) is 5.92 Å².